The number of aliphatic hydroxyl groups excluding tert-OH is 1. The number of nitrogens with zero attached hydrogens (tertiary/aromatic N) is 3. The molecule has 0 spiro atoms. The molecule has 0 aromatic carbocycles. The molecule has 0 aliphatic carbocycles. The predicted octanol–water partition coefficient (Wildman–Crippen LogP) is 4.73. The molecule has 4 heteroatoms. The third-order valence-corrected chi connectivity index (χ3v) is 2.65. The van der Waals surface area contributed by atoms with E-state index >= 15 is 0 Å². The molecule has 0 rings (SSSR count). The zero-order valence-electron chi connectivity index (χ0n) is 10.1. The van der Waals surface area contributed by atoms with Crippen LogP contribution in [0, 0.1) is 6.61 Å². The molecule has 16 heavy (non-hydrogen) atoms. The van der Waals surface area contributed by atoms with Gasteiger partial charge < -0.3 is 5.11 Å². The van der Waals surface area contributed by atoms with Gasteiger partial charge in [-0.25, -0.2) is 0 Å². The average molecular weight is 226 g/mol. The van der Waals surface area contributed by atoms with Crippen LogP contribution in [0.25, 0.3) is 10.4 Å². The van der Waals surface area contributed by atoms with Crippen molar-refractivity contribution in [3.05, 3.63) is 17.0 Å². The van der Waals surface area contributed by atoms with Gasteiger partial charge in [-0.3, -0.25) is 0 Å². The zero-order chi connectivity index (χ0) is 11.9. The van der Waals surface area contributed by atoms with Crippen LogP contribution in [0.15, 0.2) is 5.11 Å². The summed E-state index contributed by atoms with van der Waals surface area (Å²) >= 11 is 0. The fraction of sp³-hybridized carbons (Fsp3) is 0.917. The standard InChI is InChI=1S/C12H24N3O/c13-15-14-11-9-7-5-3-1-2-4-6-8-10-12-16/h12,16H,1-11H2. The molecule has 0 heterocycles. The Morgan fingerprint density at radius 1 is 0.875 bits per heavy atom. The second-order valence-electron chi connectivity index (χ2n) is 4.11. The first-order valence-corrected chi connectivity index (χ1v) is 6.38. The lowest BCUT2D eigenvalue weighted by Gasteiger charge is -2.01. The van der Waals surface area contributed by atoms with E-state index < -0.39 is 0 Å². The van der Waals surface area contributed by atoms with Gasteiger partial charge in [0.05, 0.1) is 6.61 Å². The Kier molecular flexibility index (Phi) is 13.6. The number of aliphatic hydroxyl groups is 1. The maximum atomic E-state index is 8.47. The van der Waals surface area contributed by atoms with Gasteiger partial charge in [-0.1, -0.05) is 56.5 Å². The van der Waals surface area contributed by atoms with Gasteiger partial charge in [-0.15, -0.1) is 0 Å². The van der Waals surface area contributed by atoms with Crippen LogP contribution in [0.3, 0.4) is 0 Å². The van der Waals surface area contributed by atoms with Crippen molar-refractivity contribution in [2.45, 2.75) is 64.2 Å². The van der Waals surface area contributed by atoms with Crippen LogP contribution in [0.1, 0.15) is 64.2 Å². The van der Waals surface area contributed by atoms with E-state index in [0.29, 0.717) is 6.54 Å². The summed E-state index contributed by atoms with van der Waals surface area (Å²) in [7, 11) is 0. The molecule has 4 nitrogen and oxygen atoms in total. The van der Waals surface area contributed by atoms with Gasteiger partial charge in [-0.2, -0.15) is 0 Å². The van der Waals surface area contributed by atoms with Crippen molar-refractivity contribution in [2.24, 2.45) is 5.11 Å². The second kappa shape index (κ2) is 14.3. The highest BCUT2D eigenvalue weighted by atomic mass is 16.2. The van der Waals surface area contributed by atoms with Crippen molar-refractivity contribution in [3.63, 3.8) is 0 Å². The van der Waals surface area contributed by atoms with Gasteiger partial charge in [0.25, 0.3) is 0 Å². The van der Waals surface area contributed by atoms with Gasteiger partial charge >= 0.3 is 0 Å². The van der Waals surface area contributed by atoms with Gasteiger partial charge in [0, 0.05) is 11.5 Å². The molecule has 0 aliphatic heterocycles. The van der Waals surface area contributed by atoms with E-state index in [4.69, 9.17) is 10.6 Å². The van der Waals surface area contributed by atoms with Crippen LogP contribution >= 0.6 is 0 Å². The number of hydrogen-bond donors (Lipinski definition) is 1. The Labute approximate surface area is 98.7 Å². The first-order chi connectivity index (χ1) is 7.91. The summed E-state index contributed by atoms with van der Waals surface area (Å²) in [5.41, 5.74) is 8.07. The molecule has 0 aromatic heterocycles. The Morgan fingerprint density at radius 2 is 1.38 bits per heavy atom. The number of rotatable bonds is 12. The highest BCUT2D eigenvalue weighted by Crippen LogP contribution is 2.10. The summed E-state index contributed by atoms with van der Waals surface area (Å²) in [4.78, 5) is 2.72. The highest BCUT2D eigenvalue weighted by molar-refractivity contribution is 4.51. The van der Waals surface area contributed by atoms with Crippen molar-refractivity contribution in [3.8, 4) is 0 Å². The molecule has 0 amide bonds. The van der Waals surface area contributed by atoms with Crippen LogP contribution in [-0.2, 0) is 0 Å². The van der Waals surface area contributed by atoms with Gasteiger partial charge in [0.1, 0.15) is 0 Å². The SMILES string of the molecule is [N-]=[N+]=NCCCCCCCCCCC[CH]O. The molecule has 93 valence electrons. The molecule has 0 saturated heterocycles. The predicted molar refractivity (Wildman–Crippen MR) is 66.4 cm³/mol. The van der Waals surface area contributed by atoms with E-state index in [1.807, 2.05) is 0 Å². The van der Waals surface area contributed by atoms with E-state index in [9.17, 15) is 0 Å². The molecule has 0 fully saturated rings. The maximum Gasteiger partial charge on any atom is 0.0799 e. The number of unbranched alkanes of at least 4 members (excludes halogenated alkanes) is 9. The van der Waals surface area contributed by atoms with E-state index in [1.165, 1.54) is 51.6 Å². The van der Waals surface area contributed by atoms with Crippen LogP contribution in [-0.4, -0.2) is 11.7 Å². The Bertz CT molecular complexity index is 179. The fourth-order valence-electron chi connectivity index (χ4n) is 1.70. The van der Waals surface area contributed by atoms with Crippen LogP contribution < -0.4 is 0 Å². The Morgan fingerprint density at radius 3 is 1.88 bits per heavy atom. The Hall–Kier alpha value is -0.730. The van der Waals surface area contributed by atoms with Crippen molar-refractivity contribution in [1.82, 2.24) is 0 Å². The maximum absolute atomic E-state index is 8.47. The minimum absolute atomic E-state index is 0.647. The third-order valence-electron chi connectivity index (χ3n) is 2.65. The Balaban J connectivity index is 2.90. The lowest BCUT2D eigenvalue weighted by Crippen LogP contribution is -1.83. The summed E-state index contributed by atoms with van der Waals surface area (Å²) in [6, 6.07) is 0. The largest absolute Gasteiger partial charge is 0.390 e. The highest BCUT2D eigenvalue weighted by Gasteiger charge is 1.92. The average Bonchev–Trinajstić information content (AvgIpc) is 2.31. The molecule has 1 N–H and O–H groups in total. The molecule has 0 saturated carbocycles. The minimum atomic E-state index is 0.647. The van der Waals surface area contributed by atoms with E-state index in [1.54, 1.807) is 0 Å². The van der Waals surface area contributed by atoms with Gasteiger partial charge in [-0.05, 0) is 18.4 Å². The van der Waals surface area contributed by atoms with Crippen molar-refractivity contribution < 1.29 is 5.11 Å². The summed E-state index contributed by atoms with van der Waals surface area (Å²) in [6.45, 7) is 1.90. The van der Waals surface area contributed by atoms with Gasteiger partial charge in [0.2, 0.25) is 0 Å². The fourth-order valence-corrected chi connectivity index (χ4v) is 1.70. The first-order valence-electron chi connectivity index (χ1n) is 6.38. The lowest BCUT2D eigenvalue weighted by molar-refractivity contribution is 0.367. The molecule has 0 atom stereocenters. The monoisotopic (exact) mass is 226 g/mol. The summed E-state index contributed by atoms with van der Waals surface area (Å²) in [5.74, 6) is 0. The van der Waals surface area contributed by atoms with E-state index in [2.05, 4.69) is 10.0 Å². The van der Waals surface area contributed by atoms with Crippen molar-refractivity contribution in [2.75, 3.05) is 6.54 Å². The molecule has 0 aliphatic rings. The third kappa shape index (κ3) is 13.3. The van der Waals surface area contributed by atoms with Gasteiger partial charge in [0.15, 0.2) is 0 Å². The van der Waals surface area contributed by atoms with Crippen LogP contribution in [0.5, 0.6) is 0 Å². The quantitative estimate of drug-likeness (QED) is 0.222. The number of azide groups is 1. The van der Waals surface area contributed by atoms with Crippen LogP contribution in [0.4, 0.5) is 0 Å². The smallest absolute Gasteiger partial charge is 0.0799 e. The summed E-state index contributed by atoms with van der Waals surface area (Å²) < 4.78 is 0. The normalized spacial score (nSPS) is 10.1. The first kappa shape index (κ1) is 15.3. The summed E-state index contributed by atoms with van der Waals surface area (Å²) in [5, 5.41) is 12.0. The molecular weight excluding hydrogens is 202 g/mol. The summed E-state index contributed by atoms with van der Waals surface area (Å²) in [6.07, 6.45) is 11.8. The molecule has 0 bridgehead atoms. The molecule has 0 aromatic rings. The van der Waals surface area contributed by atoms with E-state index in [-0.39, 0.29) is 0 Å². The zero-order valence-corrected chi connectivity index (χ0v) is 10.1. The van der Waals surface area contributed by atoms with Crippen molar-refractivity contribution in [1.29, 1.82) is 0 Å². The van der Waals surface area contributed by atoms with E-state index in [0.717, 1.165) is 19.3 Å². The molecular formula is C12H24N3O. The minimum Gasteiger partial charge on any atom is -0.390 e. The lowest BCUT2D eigenvalue weighted by atomic mass is 10.1. The van der Waals surface area contributed by atoms with Crippen LogP contribution in [0.2, 0.25) is 0 Å². The number of hydrogen-bond acceptors (Lipinski definition) is 2. The topological polar surface area (TPSA) is 69.0 Å². The molecule has 0 unspecified atom stereocenters. The molecule has 1 radical (unpaired) electrons. The van der Waals surface area contributed by atoms with Crippen molar-refractivity contribution >= 4 is 0 Å². The second-order valence-corrected chi connectivity index (χ2v) is 4.11.